The molecule has 108 valence electrons. The van der Waals surface area contributed by atoms with Crippen LogP contribution in [0.2, 0.25) is 10.0 Å². The van der Waals surface area contributed by atoms with Crippen LogP contribution in [0, 0.1) is 10.1 Å². The minimum absolute atomic E-state index is 0.0136. The molecular weight excluding hydrogens is 307 g/mol. The molecule has 1 fully saturated rings. The van der Waals surface area contributed by atoms with Gasteiger partial charge in [-0.05, 0) is 6.42 Å². The van der Waals surface area contributed by atoms with Gasteiger partial charge >= 0.3 is 0 Å². The van der Waals surface area contributed by atoms with Crippen molar-refractivity contribution >= 4 is 34.8 Å². The highest BCUT2D eigenvalue weighted by atomic mass is 35.5. The van der Waals surface area contributed by atoms with Crippen molar-refractivity contribution in [3.05, 3.63) is 37.9 Å². The fourth-order valence-electron chi connectivity index (χ4n) is 2.02. The number of hydrogen-bond donors (Lipinski definition) is 0. The zero-order valence-corrected chi connectivity index (χ0v) is 12.1. The van der Waals surface area contributed by atoms with Crippen LogP contribution in [-0.4, -0.2) is 42.0 Å². The third-order valence-corrected chi connectivity index (χ3v) is 4.03. The zero-order chi connectivity index (χ0) is 14.9. The van der Waals surface area contributed by atoms with Crippen molar-refractivity contribution in [2.75, 3.05) is 20.3 Å². The molecule has 0 N–H and O–H groups in total. The van der Waals surface area contributed by atoms with Crippen molar-refractivity contribution in [1.82, 2.24) is 4.90 Å². The number of halogens is 2. The van der Waals surface area contributed by atoms with E-state index in [1.54, 1.807) is 7.05 Å². The molecule has 1 aromatic rings. The lowest BCUT2D eigenvalue weighted by Crippen LogP contribution is -2.37. The number of nitrogens with zero attached hydrogens (tertiary/aromatic N) is 2. The predicted molar refractivity (Wildman–Crippen MR) is 74.4 cm³/mol. The largest absolute Gasteiger partial charge is 0.379 e. The number of rotatable bonds is 3. The first-order valence-corrected chi connectivity index (χ1v) is 6.65. The number of nitro groups is 1. The Labute approximate surface area is 125 Å². The van der Waals surface area contributed by atoms with Crippen LogP contribution in [0.4, 0.5) is 5.69 Å². The van der Waals surface area contributed by atoms with Crippen LogP contribution in [0.15, 0.2) is 12.1 Å². The molecule has 20 heavy (non-hydrogen) atoms. The van der Waals surface area contributed by atoms with Gasteiger partial charge in [0.2, 0.25) is 0 Å². The number of likely N-dealkylation sites (N-methyl/N-ethyl adjacent to an activating group) is 1. The Morgan fingerprint density at radius 2 is 2.20 bits per heavy atom. The monoisotopic (exact) mass is 318 g/mol. The van der Waals surface area contributed by atoms with Gasteiger partial charge in [0.25, 0.3) is 11.6 Å². The second-order valence-electron chi connectivity index (χ2n) is 4.48. The molecule has 1 amide bonds. The highest BCUT2D eigenvalue weighted by molar-refractivity contribution is 6.44. The summed E-state index contributed by atoms with van der Waals surface area (Å²) in [6.45, 7) is 1.04. The van der Waals surface area contributed by atoms with E-state index in [-0.39, 0.29) is 27.3 Å². The second kappa shape index (κ2) is 5.95. The number of carbonyl (C=O) groups is 1. The van der Waals surface area contributed by atoms with Gasteiger partial charge in [-0.25, -0.2) is 0 Å². The highest BCUT2D eigenvalue weighted by Gasteiger charge is 2.28. The maximum absolute atomic E-state index is 12.4. The number of ether oxygens (including phenoxy) is 1. The average molecular weight is 319 g/mol. The van der Waals surface area contributed by atoms with Crippen molar-refractivity contribution in [2.24, 2.45) is 0 Å². The normalized spacial score (nSPS) is 18.1. The molecule has 1 saturated heterocycles. The Bertz CT molecular complexity index is 559. The Kier molecular flexibility index (Phi) is 4.47. The molecule has 0 aliphatic carbocycles. The van der Waals surface area contributed by atoms with Gasteiger partial charge in [-0.15, -0.1) is 0 Å². The first-order valence-electron chi connectivity index (χ1n) is 5.90. The third-order valence-electron chi connectivity index (χ3n) is 3.23. The van der Waals surface area contributed by atoms with Crippen LogP contribution in [-0.2, 0) is 4.74 Å². The molecule has 1 aromatic carbocycles. The smallest absolute Gasteiger partial charge is 0.271 e. The minimum Gasteiger partial charge on any atom is -0.379 e. The maximum atomic E-state index is 12.4. The molecule has 1 aliphatic heterocycles. The molecule has 8 heteroatoms. The quantitative estimate of drug-likeness (QED) is 0.634. The molecule has 1 atom stereocenters. The molecule has 0 radical (unpaired) electrons. The molecule has 1 heterocycles. The summed E-state index contributed by atoms with van der Waals surface area (Å²) >= 11 is 11.8. The summed E-state index contributed by atoms with van der Waals surface area (Å²) in [7, 11) is 1.62. The van der Waals surface area contributed by atoms with E-state index in [0.29, 0.717) is 13.2 Å². The number of hydrogen-bond acceptors (Lipinski definition) is 4. The molecule has 1 unspecified atom stereocenters. The molecule has 2 rings (SSSR count). The van der Waals surface area contributed by atoms with E-state index in [2.05, 4.69) is 0 Å². The van der Waals surface area contributed by atoms with E-state index in [9.17, 15) is 14.9 Å². The SMILES string of the molecule is CN(C(=O)c1cc([N+](=O)[O-])cc(Cl)c1Cl)C1CCOC1. The summed E-state index contributed by atoms with van der Waals surface area (Å²) in [6.07, 6.45) is 0.725. The van der Waals surface area contributed by atoms with Gasteiger partial charge in [0, 0.05) is 25.8 Å². The number of non-ortho nitro benzene ring substituents is 1. The standard InChI is InChI=1S/C12H12Cl2N2O4/c1-15(7-2-3-20-6-7)12(17)9-4-8(16(18)19)5-10(13)11(9)14/h4-5,7H,2-3,6H2,1H3. The number of benzene rings is 1. The Morgan fingerprint density at radius 1 is 1.50 bits per heavy atom. The van der Waals surface area contributed by atoms with Crippen LogP contribution in [0.5, 0.6) is 0 Å². The van der Waals surface area contributed by atoms with E-state index in [4.69, 9.17) is 27.9 Å². The van der Waals surface area contributed by atoms with Gasteiger partial charge in [-0.1, -0.05) is 23.2 Å². The summed E-state index contributed by atoms with van der Waals surface area (Å²) in [5, 5.41) is 10.8. The minimum atomic E-state index is -0.613. The van der Waals surface area contributed by atoms with Crippen molar-refractivity contribution in [1.29, 1.82) is 0 Å². The Hall–Kier alpha value is -1.37. The molecule has 0 saturated carbocycles. The van der Waals surface area contributed by atoms with Gasteiger partial charge < -0.3 is 9.64 Å². The summed E-state index contributed by atoms with van der Waals surface area (Å²) in [6, 6.07) is 2.21. The molecule has 0 spiro atoms. The summed E-state index contributed by atoms with van der Waals surface area (Å²) in [5.74, 6) is -0.406. The van der Waals surface area contributed by atoms with Gasteiger partial charge in [0.15, 0.2) is 0 Å². The maximum Gasteiger partial charge on any atom is 0.271 e. The fourth-order valence-corrected chi connectivity index (χ4v) is 2.42. The number of nitro benzene ring substituents is 1. The number of carbonyl (C=O) groups excluding carboxylic acids is 1. The van der Waals surface area contributed by atoms with Gasteiger partial charge in [-0.3, -0.25) is 14.9 Å². The van der Waals surface area contributed by atoms with Crippen LogP contribution in [0.25, 0.3) is 0 Å². The van der Waals surface area contributed by atoms with E-state index in [0.717, 1.165) is 18.6 Å². The number of amides is 1. The third kappa shape index (κ3) is 2.87. The van der Waals surface area contributed by atoms with Crippen LogP contribution < -0.4 is 0 Å². The first-order chi connectivity index (χ1) is 9.41. The van der Waals surface area contributed by atoms with E-state index < -0.39 is 10.8 Å². The lowest BCUT2D eigenvalue weighted by molar-refractivity contribution is -0.384. The first kappa shape index (κ1) is 15.0. The van der Waals surface area contributed by atoms with Gasteiger partial charge in [0.1, 0.15) is 0 Å². The van der Waals surface area contributed by atoms with Crippen molar-refractivity contribution in [2.45, 2.75) is 12.5 Å². The van der Waals surface area contributed by atoms with Crippen LogP contribution in [0.3, 0.4) is 0 Å². The Morgan fingerprint density at radius 3 is 2.75 bits per heavy atom. The van der Waals surface area contributed by atoms with Gasteiger partial charge in [0.05, 0.1) is 33.2 Å². The molecule has 1 aliphatic rings. The average Bonchev–Trinajstić information content (AvgIpc) is 2.93. The lowest BCUT2D eigenvalue weighted by Gasteiger charge is -2.23. The summed E-state index contributed by atoms with van der Waals surface area (Å²) in [5.41, 5.74) is -0.237. The van der Waals surface area contributed by atoms with E-state index in [1.165, 1.54) is 4.90 Å². The lowest BCUT2D eigenvalue weighted by atomic mass is 10.1. The zero-order valence-electron chi connectivity index (χ0n) is 10.6. The van der Waals surface area contributed by atoms with Crippen LogP contribution >= 0.6 is 23.2 Å². The Balaban J connectivity index is 2.35. The van der Waals surface area contributed by atoms with Crippen molar-refractivity contribution in [3.8, 4) is 0 Å². The topological polar surface area (TPSA) is 72.7 Å². The highest BCUT2D eigenvalue weighted by Crippen LogP contribution is 2.32. The second-order valence-corrected chi connectivity index (χ2v) is 5.26. The van der Waals surface area contributed by atoms with Crippen molar-refractivity contribution in [3.63, 3.8) is 0 Å². The van der Waals surface area contributed by atoms with Crippen LogP contribution in [0.1, 0.15) is 16.8 Å². The van der Waals surface area contributed by atoms with E-state index in [1.807, 2.05) is 0 Å². The predicted octanol–water partition coefficient (Wildman–Crippen LogP) is 2.76. The van der Waals surface area contributed by atoms with Gasteiger partial charge in [-0.2, -0.15) is 0 Å². The molecular formula is C12H12Cl2N2O4. The molecule has 6 nitrogen and oxygen atoms in total. The molecule has 0 aromatic heterocycles. The summed E-state index contributed by atoms with van der Waals surface area (Å²) < 4.78 is 5.22. The fraction of sp³-hybridized carbons (Fsp3) is 0.417. The van der Waals surface area contributed by atoms with E-state index >= 15 is 0 Å². The van der Waals surface area contributed by atoms with Crippen molar-refractivity contribution < 1.29 is 14.5 Å². The molecule has 0 bridgehead atoms. The summed E-state index contributed by atoms with van der Waals surface area (Å²) in [4.78, 5) is 24.1.